The van der Waals surface area contributed by atoms with Crippen molar-refractivity contribution in [2.45, 2.75) is 39.8 Å². The van der Waals surface area contributed by atoms with Crippen LogP contribution in [0.15, 0.2) is 42.6 Å². The molecule has 2 heteroatoms. The van der Waals surface area contributed by atoms with Gasteiger partial charge in [-0.15, -0.1) is 0 Å². The van der Waals surface area contributed by atoms with Gasteiger partial charge in [-0.05, 0) is 48.5 Å². The smallest absolute Gasteiger partial charge is 0.0483 e. The predicted molar refractivity (Wildman–Crippen MR) is 83.4 cm³/mol. The maximum Gasteiger partial charge on any atom is 0.0483 e. The number of benzene rings is 1. The van der Waals surface area contributed by atoms with Crippen LogP contribution in [0, 0.1) is 0 Å². The van der Waals surface area contributed by atoms with E-state index in [1.807, 2.05) is 0 Å². The maximum absolute atomic E-state index is 4.09. The Bertz CT molecular complexity index is 551. The van der Waals surface area contributed by atoms with Crippen molar-refractivity contribution in [3.63, 3.8) is 0 Å². The molecule has 0 bridgehead atoms. The van der Waals surface area contributed by atoms with Crippen LogP contribution in [0.3, 0.4) is 0 Å². The lowest BCUT2D eigenvalue weighted by Crippen LogP contribution is -2.13. The maximum atomic E-state index is 4.09. The molecule has 0 unspecified atom stereocenters. The molecule has 0 saturated heterocycles. The molecular formula is C17H24N2. The van der Waals surface area contributed by atoms with Gasteiger partial charge in [0.2, 0.25) is 0 Å². The second kappa shape index (κ2) is 6.58. The molecule has 0 aliphatic carbocycles. The van der Waals surface area contributed by atoms with E-state index >= 15 is 0 Å². The topological polar surface area (TPSA) is 17.0 Å². The molecule has 0 atom stereocenters. The number of nitrogens with zero attached hydrogens (tertiary/aromatic N) is 1. The summed E-state index contributed by atoms with van der Waals surface area (Å²) in [4.78, 5) is 0. The van der Waals surface area contributed by atoms with Gasteiger partial charge in [0.05, 0.1) is 0 Å². The number of fused-ring (bicyclic) bond motifs is 1. The molecular weight excluding hydrogens is 232 g/mol. The summed E-state index contributed by atoms with van der Waals surface area (Å²) in [5.41, 5.74) is 3.92. The summed E-state index contributed by atoms with van der Waals surface area (Å²) in [7, 11) is 0. The van der Waals surface area contributed by atoms with Crippen molar-refractivity contribution >= 4 is 10.9 Å². The van der Waals surface area contributed by atoms with Crippen LogP contribution in [0.4, 0.5) is 0 Å². The quantitative estimate of drug-likeness (QED) is 0.583. The summed E-state index contributed by atoms with van der Waals surface area (Å²) in [5.74, 6) is 0. The fourth-order valence-corrected chi connectivity index (χ4v) is 2.26. The summed E-state index contributed by atoms with van der Waals surface area (Å²) < 4.78 is 2.28. The van der Waals surface area contributed by atoms with Crippen LogP contribution < -0.4 is 5.32 Å². The van der Waals surface area contributed by atoms with Gasteiger partial charge < -0.3 is 9.88 Å². The van der Waals surface area contributed by atoms with E-state index in [2.05, 4.69) is 60.8 Å². The predicted octanol–water partition coefficient (Wildman–Crippen LogP) is 4.11. The van der Waals surface area contributed by atoms with Crippen molar-refractivity contribution in [2.24, 2.45) is 0 Å². The fourth-order valence-electron chi connectivity index (χ4n) is 2.26. The van der Waals surface area contributed by atoms with Crippen LogP contribution in [0.1, 0.15) is 32.3 Å². The highest BCUT2D eigenvalue weighted by atomic mass is 14.9. The number of hydrogen-bond donors (Lipinski definition) is 1. The lowest BCUT2D eigenvalue weighted by Gasteiger charge is -2.08. The SMILES string of the molecule is C=C(CC)Cn1ccc2cc(CNCCC)ccc21. The monoisotopic (exact) mass is 256 g/mol. The van der Waals surface area contributed by atoms with Crippen LogP contribution in [0.2, 0.25) is 0 Å². The van der Waals surface area contributed by atoms with Crippen molar-refractivity contribution in [2.75, 3.05) is 6.54 Å². The summed E-state index contributed by atoms with van der Waals surface area (Å²) in [6.45, 7) is 11.4. The molecule has 0 radical (unpaired) electrons. The number of hydrogen-bond acceptors (Lipinski definition) is 1. The Kier molecular flexibility index (Phi) is 4.80. The molecule has 102 valence electrons. The van der Waals surface area contributed by atoms with E-state index < -0.39 is 0 Å². The van der Waals surface area contributed by atoms with Gasteiger partial charge >= 0.3 is 0 Å². The molecule has 1 aromatic carbocycles. The van der Waals surface area contributed by atoms with E-state index in [1.165, 1.54) is 28.5 Å². The van der Waals surface area contributed by atoms with Gasteiger partial charge in [0.15, 0.2) is 0 Å². The number of rotatable bonds is 7. The van der Waals surface area contributed by atoms with Crippen molar-refractivity contribution < 1.29 is 0 Å². The summed E-state index contributed by atoms with van der Waals surface area (Å²) in [6.07, 6.45) is 4.38. The van der Waals surface area contributed by atoms with Crippen LogP contribution >= 0.6 is 0 Å². The fraction of sp³-hybridized carbons (Fsp3) is 0.412. The average molecular weight is 256 g/mol. The first-order valence-corrected chi connectivity index (χ1v) is 7.19. The van der Waals surface area contributed by atoms with E-state index in [0.29, 0.717) is 0 Å². The minimum Gasteiger partial charge on any atom is -0.343 e. The van der Waals surface area contributed by atoms with Gasteiger partial charge in [-0.3, -0.25) is 0 Å². The minimum atomic E-state index is 0.924. The molecule has 2 rings (SSSR count). The Morgan fingerprint density at radius 3 is 2.84 bits per heavy atom. The van der Waals surface area contributed by atoms with Crippen LogP contribution in [-0.4, -0.2) is 11.1 Å². The molecule has 2 nitrogen and oxygen atoms in total. The molecule has 0 aliphatic heterocycles. The molecule has 2 aromatic rings. The second-order valence-electron chi connectivity index (χ2n) is 5.12. The third kappa shape index (κ3) is 3.48. The van der Waals surface area contributed by atoms with Gasteiger partial charge in [-0.1, -0.05) is 32.1 Å². The van der Waals surface area contributed by atoms with Gasteiger partial charge in [-0.2, -0.15) is 0 Å². The van der Waals surface area contributed by atoms with Gasteiger partial charge in [0.1, 0.15) is 0 Å². The van der Waals surface area contributed by atoms with Crippen molar-refractivity contribution in [3.05, 3.63) is 48.2 Å². The Labute approximate surface area is 116 Å². The highest BCUT2D eigenvalue weighted by Crippen LogP contribution is 2.19. The number of aromatic nitrogens is 1. The number of nitrogens with one attached hydrogen (secondary N) is 1. The highest BCUT2D eigenvalue weighted by molar-refractivity contribution is 5.81. The van der Waals surface area contributed by atoms with Gasteiger partial charge in [-0.25, -0.2) is 0 Å². The zero-order chi connectivity index (χ0) is 13.7. The first-order chi connectivity index (χ1) is 9.24. The molecule has 1 N–H and O–H groups in total. The largest absolute Gasteiger partial charge is 0.343 e. The van der Waals surface area contributed by atoms with E-state index in [0.717, 1.165) is 26.1 Å². The van der Waals surface area contributed by atoms with Crippen molar-refractivity contribution in [3.8, 4) is 0 Å². The Morgan fingerprint density at radius 1 is 1.26 bits per heavy atom. The lowest BCUT2D eigenvalue weighted by atomic mass is 10.1. The molecule has 0 spiro atoms. The molecule has 1 heterocycles. The third-order valence-corrected chi connectivity index (χ3v) is 3.49. The van der Waals surface area contributed by atoms with Crippen LogP contribution in [-0.2, 0) is 13.1 Å². The Hall–Kier alpha value is -1.54. The highest BCUT2D eigenvalue weighted by Gasteiger charge is 2.03. The van der Waals surface area contributed by atoms with Gasteiger partial charge in [0, 0.05) is 24.8 Å². The Morgan fingerprint density at radius 2 is 2.11 bits per heavy atom. The standard InChI is InChI=1S/C17H24N2/c1-4-9-18-12-15-6-7-17-16(11-15)8-10-19(17)13-14(3)5-2/h6-8,10-11,18H,3-5,9,12-13H2,1-2H3. The van der Waals surface area contributed by atoms with Gasteiger partial charge in [0.25, 0.3) is 0 Å². The summed E-state index contributed by atoms with van der Waals surface area (Å²) >= 11 is 0. The van der Waals surface area contributed by atoms with Crippen molar-refractivity contribution in [1.82, 2.24) is 9.88 Å². The average Bonchev–Trinajstić information content (AvgIpc) is 2.81. The zero-order valence-corrected chi connectivity index (χ0v) is 12.1. The molecule has 0 aliphatic rings. The molecule has 0 amide bonds. The first-order valence-electron chi connectivity index (χ1n) is 7.19. The van der Waals surface area contributed by atoms with Crippen molar-refractivity contribution in [1.29, 1.82) is 0 Å². The van der Waals surface area contributed by atoms with E-state index in [4.69, 9.17) is 0 Å². The van der Waals surface area contributed by atoms with Crippen LogP contribution in [0.25, 0.3) is 10.9 Å². The summed E-state index contributed by atoms with van der Waals surface area (Å²) in [5, 5.41) is 4.76. The molecule has 0 fully saturated rings. The molecule has 0 saturated carbocycles. The molecule has 19 heavy (non-hydrogen) atoms. The van der Waals surface area contributed by atoms with E-state index in [-0.39, 0.29) is 0 Å². The number of allylic oxidation sites excluding steroid dienone is 1. The third-order valence-electron chi connectivity index (χ3n) is 3.49. The lowest BCUT2D eigenvalue weighted by molar-refractivity contribution is 0.676. The summed E-state index contributed by atoms with van der Waals surface area (Å²) in [6, 6.07) is 8.92. The Balaban J connectivity index is 2.14. The zero-order valence-electron chi connectivity index (χ0n) is 12.1. The molecule has 1 aromatic heterocycles. The first kappa shape index (κ1) is 13.9. The second-order valence-corrected chi connectivity index (χ2v) is 5.12. The normalized spacial score (nSPS) is 11.1. The van der Waals surface area contributed by atoms with E-state index in [1.54, 1.807) is 0 Å². The minimum absolute atomic E-state index is 0.924. The van der Waals surface area contributed by atoms with Crippen LogP contribution in [0.5, 0.6) is 0 Å². The van der Waals surface area contributed by atoms with E-state index in [9.17, 15) is 0 Å².